The van der Waals surface area contributed by atoms with Crippen molar-refractivity contribution in [1.82, 2.24) is 9.55 Å². The van der Waals surface area contributed by atoms with E-state index in [1.54, 1.807) is 6.07 Å². The van der Waals surface area contributed by atoms with Gasteiger partial charge in [0.2, 0.25) is 5.95 Å². The minimum atomic E-state index is -0.141. The van der Waals surface area contributed by atoms with E-state index in [0.29, 0.717) is 13.0 Å². The Morgan fingerprint density at radius 1 is 1.32 bits per heavy atom. The average Bonchev–Trinajstić information content (AvgIpc) is 2.73. The maximum Gasteiger partial charge on any atom is 0.203 e. The van der Waals surface area contributed by atoms with Crippen LogP contribution in [0.25, 0.3) is 0 Å². The minimum Gasteiger partial charge on any atom is -0.355 e. The van der Waals surface area contributed by atoms with Crippen LogP contribution in [0, 0.1) is 12.7 Å². The lowest BCUT2D eigenvalue weighted by Gasteiger charge is -2.09. The van der Waals surface area contributed by atoms with Crippen LogP contribution in [0.2, 0.25) is 0 Å². The van der Waals surface area contributed by atoms with Gasteiger partial charge in [-0.3, -0.25) is 0 Å². The predicted molar refractivity (Wildman–Crippen MR) is 75.8 cm³/mol. The fraction of sp³-hybridized carbons (Fsp3) is 0.400. The largest absolute Gasteiger partial charge is 0.355 e. The van der Waals surface area contributed by atoms with Crippen molar-refractivity contribution in [1.29, 1.82) is 0 Å². The molecular formula is C15H20FN3. The summed E-state index contributed by atoms with van der Waals surface area (Å²) >= 11 is 0. The molecule has 0 saturated carbocycles. The number of hydrogen-bond acceptors (Lipinski definition) is 2. The molecule has 2 rings (SSSR count). The number of nitrogens with zero attached hydrogens (tertiary/aromatic N) is 2. The van der Waals surface area contributed by atoms with Gasteiger partial charge in [0.1, 0.15) is 5.82 Å². The van der Waals surface area contributed by atoms with Gasteiger partial charge < -0.3 is 9.88 Å². The lowest BCUT2D eigenvalue weighted by molar-refractivity contribution is 0.610. The monoisotopic (exact) mass is 261 g/mol. The highest BCUT2D eigenvalue weighted by atomic mass is 19.1. The first-order valence-electron chi connectivity index (χ1n) is 6.71. The van der Waals surface area contributed by atoms with E-state index in [1.165, 1.54) is 6.07 Å². The van der Waals surface area contributed by atoms with Crippen LogP contribution in [0.5, 0.6) is 0 Å². The Morgan fingerprint density at radius 2 is 2.11 bits per heavy atom. The lowest BCUT2D eigenvalue weighted by atomic mass is 10.1. The van der Waals surface area contributed by atoms with E-state index in [0.717, 1.165) is 30.2 Å². The molecular weight excluding hydrogens is 241 g/mol. The van der Waals surface area contributed by atoms with E-state index in [1.807, 2.05) is 25.3 Å². The number of nitrogens with one attached hydrogen (secondary N) is 1. The molecule has 0 amide bonds. The van der Waals surface area contributed by atoms with E-state index < -0.39 is 0 Å². The molecule has 0 radical (unpaired) electrons. The van der Waals surface area contributed by atoms with Crippen LogP contribution < -0.4 is 5.32 Å². The van der Waals surface area contributed by atoms with E-state index in [4.69, 9.17) is 0 Å². The smallest absolute Gasteiger partial charge is 0.203 e. The van der Waals surface area contributed by atoms with Crippen LogP contribution in [0.4, 0.5) is 10.3 Å². The summed E-state index contributed by atoms with van der Waals surface area (Å²) in [5, 5.41) is 3.28. The zero-order valence-electron chi connectivity index (χ0n) is 11.5. The molecule has 0 bridgehead atoms. The quantitative estimate of drug-likeness (QED) is 0.863. The second kappa shape index (κ2) is 6.36. The molecule has 0 aliphatic heterocycles. The molecule has 3 nitrogen and oxygen atoms in total. The van der Waals surface area contributed by atoms with Crippen molar-refractivity contribution in [3.63, 3.8) is 0 Å². The molecule has 2 aromatic rings. The Kier molecular flexibility index (Phi) is 4.55. The molecule has 0 saturated heterocycles. The van der Waals surface area contributed by atoms with Crippen molar-refractivity contribution < 1.29 is 4.39 Å². The number of imidazole rings is 1. The number of hydrogen-bond donors (Lipinski definition) is 1. The average molecular weight is 261 g/mol. The second-order valence-corrected chi connectivity index (χ2v) is 4.67. The van der Waals surface area contributed by atoms with E-state index in [2.05, 4.69) is 21.8 Å². The number of benzene rings is 1. The van der Waals surface area contributed by atoms with Crippen molar-refractivity contribution in [3.8, 4) is 0 Å². The summed E-state index contributed by atoms with van der Waals surface area (Å²) in [6, 6.07) is 6.89. The predicted octanol–water partition coefficient (Wildman–Crippen LogP) is 3.40. The Balaban J connectivity index is 1.94. The summed E-state index contributed by atoms with van der Waals surface area (Å²) in [5.74, 6) is 0.730. The molecule has 4 heteroatoms. The summed E-state index contributed by atoms with van der Waals surface area (Å²) in [4.78, 5) is 4.44. The van der Waals surface area contributed by atoms with Crippen molar-refractivity contribution in [3.05, 3.63) is 47.5 Å². The summed E-state index contributed by atoms with van der Waals surface area (Å²) in [5.41, 5.74) is 1.74. The van der Waals surface area contributed by atoms with Gasteiger partial charge in [-0.2, -0.15) is 0 Å². The third kappa shape index (κ3) is 3.56. The van der Waals surface area contributed by atoms with Gasteiger partial charge in [0, 0.05) is 19.3 Å². The van der Waals surface area contributed by atoms with Gasteiger partial charge in [0.15, 0.2) is 0 Å². The molecule has 1 heterocycles. The zero-order chi connectivity index (χ0) is 13.7. The van der Waals surface area contributed by atoms with Crippen molar-refractivity contribution in [2.24, 2.45) is 0 Å². The van der Waals surface area contributed by atoms with Crippen LogP contribution in [0.1, 0.15) is 24.6 Å². The molecule has 0 aliphatic rings. The van der Waals surface area contributed by atoms with Gasteiger partial charge in [-0.05, 0) is 31.4 Å². The molecule has 19 heavy (non-hydrogen) atoms. The van der Waals surface area contributed by atoms with E-state index in [9.17, 15) is 4.39 Å². The van der Waals surface area contributed by atoms with Crippen LogP contribution >= 0.6 is 0 Å². The number of rotatable bonds is 6. The lowest BCUT2D eigenvalue weighted by Crippen LogP contribution is -2.11. The number of aryl methyl sites for hydroxylation is 2. The highest BCUT2D eigenvalue weighted by Crippen LogP contribution is 2.11. The zero-order valence-corrected chi connectivity index (χ0v) is 11.5. The van der Waals surface area contributed by atoms with Gasteiger partial charge in [-0.1, -0.05) is 25.1 Å². The summed E-state index contributed by atoms with van der Waals surface area (Å²) in [6.45, 7) is 5.75. The Labute approximate surface area is 113 Å². The molecule has 1 aromatic carbocycles. The Morgan fingerprint density at radius 3 is 2.84 bits per heavy atom. The van der Waals surface area contributed by atoms with Gasteiger partial charge in [0.25, 0.3) is 0 Å². The molecule has 1 N–H and O–H groups in total. The highest BCUT2D eigenvalue weighted by Gasteiger charge is 2.05. The number of aromatic nitrogens is 2. The second-order valence-electron chi connectivity index (χ2n) is 4.67. The SMILES string of the molecule is CCCn1cc(C)nc1NCCc1ccccc1F. The Hall–Kier alpha value is -1.84. The van der Waals surface area contributed by atoms with Crippen molar-refractivity contribution in [2.75, 3.05) is 11.9 Å². The molecule has 0 fully saturated rings. The maximum atomic E-state index is 13.5. The molecule has 0 spiro atoms. The Bertz CT molecular complexity index is 534. The number of halogens is 1. The first kappa shape index (κ1) is 13.6. The third-order valence-electron chi connectivity index (χ3n) is 3.00. The summed E-state index contributed by atoms with van der Waals surface area (Å²) in [7, 11) is 0. The van der Waals surface area contributed by atoms with Gasteiger partial charge >= 0.3 is 0 Å². The van der Waals surface area contributed by atoms with Crippen LogP contribution in [0.15, 0.2) is 30.5 Å². The van der Waals surface area contributed by atoms with Crippen LogP contribution in [0.3, 0.4) is 0 Å². The van der Waals surface area contributed by atoms with Crippen LogP contribution in [-0.2, 0) is 13.0 Å². The van der Waals surface area contributed by atoms with Crippen molar-refractivity contribution >= 4 is 5.95 Å². The maximum absolute atomic E-state index is 13.5. The van der Waals surface area contributed by atoms with Gasteiger partial charge in [0.05, 0.1) is 5.69 Å². The molecule has 0 unspecified atom stereocenters. The third-order valence-corrected chi connectivity index (χ3v) is 3.00. The number of anilines is 1. The van der Waals surface area contributed by atoms with Gasteiger partial charge in [-0.15, -0.1) is 0 Å². The fourth-order valence-corrected chi connectivity index (χ4v) is 2.11. The molecule has 102 valence electrons. The van der Waals surface area contributed by atoms with Gasteiger partial charge in [-0.25, -0.2) is 9.37 Å². The standard InChI is InChI=1S/C15H20FN3/c1-3-10-19-11-12(2)18-15(19)17-9-8-13-6-4-5-7-14(13)16/h4-7,11H,3,8-10H2,1-2H3,(H,17,18). The van der Waals surface area contributed by atoms with E-state index in [-0.39, 0.29) is 5.82 Å². The van der Waals surface area contributed by atoms with Crippen LogP contribution in [-0.4, -0.2) is 16.1 Å². The summed E-state index contributed by atoms with van der Waals surface area (Å²) in [6.07, 6.45) is 3.76. The first-order chi connectivity index (χ1) is 9.20. The molecule has 0 aliphatic carbocycles. The normalized spacial score (nSPS) is 10.7. The fourth-order valence-electron chi connectivity index (χ4n) is 2.11. The first-order valence-corrected chi connectivity index (χ1v) is 6.71. The van der Waals surface area contributed by atoms with Crippen molar-refractivity contribution in [2.45, 2.75) is 33.2 Å². The molecule has 0 atom stereocenters. The topological polar surface area (TPSA) is 29.9 Å². The minimum absolute atomic E-state index is 0.141. The highest BCUT2D eigenvalue weighted by molar-refractivity contribution is 5.29. The summed E-state index contributed by atoms with van der Waals surface area (Å²) < 4.78 is 15.6. The van der Waals surface area contributed by atoms with E-state index >= 15 is 0 Å². The molecule has 1 aromatic heterocycles.